The first kappa shape index (κ1) is 10.9. The van der Waals surface area contributed by atoms with Crippen LogP contribution in [-0.2, 0) is 0 Å². The van der Waals surface area contributed by atoms with Crippen molar-refractivity contribution in [2.45, 2.75) is 32.1 Å². The lowest BCUT2D eigenvalue weighted by atomic mass is 9.88. The SMILES string of the molecule is CN1CCN(C(=N)C2CCCCC2)CC1. The first-order valence-electron chi connectivity index (χ1n) is 6.29. The van der Waals surface area contributed by atoms with Crippen LogP contribution in [0.5, 0.6) is 0 Å². The molecule has 86 valence electrons. The lowest BCUT2D eigenvalue weighted by molar-refractivity contribution is 0.205. The summed E-state index contributed by atoms with van der Waals surface area (Å²) < 4.78 is 0. The van der Waals surface area contributed by atoms with Gasteiger partial charge in [-0.2, -0.15) is 0 Å². The van der Waals surface area contributed by atoms with Gasteiger partial charge in [0.25, 0.3) is 0 Å². The van der Waals surface area contributed by atoms with Gasteiger partial charge < -0.3 is 9.80 Å². The van der Waals surface area contributed by atoms with Gasteiger partial charge in [0.15, 0.2) is 0 Å². The highest BCUT2D eigenvalue weighted by Crippen LogP contribution is 2.25. The van der Waals surface area contributed by atoms with Crippen LogP contribution in [0, 0.1) is 11.3 Å². The number of hydrogen-bond acceptors (Lipinski definition) is 2. The van der Waals surface area contributed by atoms with Crippen molar-refractivity contribution in [1.29, 1.82) is 5.41 Å². The summed E-state index contributed by atoms with van der Waals surface area (Å²) in [6.45, 7) is 4.36. The van der Waals surface area contributed by atoms with Gasteiger partial charge in [0, 0.05) is 32.1 Å². The van der Waals surface area contributed by atoms with E-state index < -0.39 is 0 Å². The fourth-order valence-corrected chi connectivity index (χ4v) is 2.68. The molecule has 2 fully saturated rings. The molecule has 1 saturated heterocycles. The Morgan fingerprint density at radius 2 is 1.60 bits per heavy atom. The molecule has 0 bridgehead atoms. The molecular weight excluding hydrogens is 186 g/mol. The van der Waals surface area contributed by atoms with Crippen molar-refractivity contribution >= 4 is 5.84 Å². The van der Waals surface area contributed by atoms with Crippen molar-refractivity contribution in [2.24, 2.45) is 5.92 Å². The Bertz CT molecular complexity index is 213. The summed E-state index contributed by atoms with van der Waals surface area (Å²) >= 11 is 0. The smallest absolute Gasteiger partial charge is 0.0990 e. The first-order valence-corrected chi connectivity index (χ1v) is 6.29. The van der Waals surface area contributed by atoms with Crippen LogP contribution in [-0.4, -0.2) is 48.9 Å². The molecule has 1 aliphatic heterocycles. The zero-order valence-electron chi connectivity index (χ0n) is 9.84. The van der Waals surface area contributed by atoms with Crippen molar-refractivity contribution in [3.63, 3.8) is 0 Å². The van der Waals surface area contributed by atoms with E-state index in [4.69, 9.17) is 5.41 Å². The van der Waals surface area contributed by atoms with Gasteiger partial charge in [-0.05, 0) is 19.9 Å². The van der Waals surface area contributed by atoms with Crippen molar-refractivity contribution in [1.82, 2.24) is 9.80 Å². The average Bonchev–Trinajstić information content (AvgIpc) is 2.30. The molecule has 3 heteroatoms. The first-order chi connectivity index (χ1) is 7.27. The van der Waals surface area contributed by atoms with E-state index in [1.807, 2.05) is 0 Å². The predicted molar refractivity (Wildman–Crippen MR) is 63.4 cm³/mol. The van der Waals surface area contributed by atoms with Crippen LogP contribution >= 0.6 is 0 Å². The Morgan fingerprint density at radius 3 is 2.20 bits per heavy atom. The van der Waals surface area contributed by atoms with Gasteiger partial charge >= 0.3 is 0 Å². The van der Waals surface area contributed by atoms with E-state index in [-0.39, 0.29) is 0 Å². The number of nitrogens with zero attached hydrogens (tertiary/aromatic N) is 2. The zero-order valence-corrected chi connectivity index (χ0v) is 9.84. The monoisotopic (exact) mass is 209 g/mol. The third-order valence-electron chi connectivity index (χ3n) is 3.84. The van der Waals surface area contributed by atoms with Crippen molar-refractivity contribution in [2.75, 3.05) is 33.2 Å². The molecular formula is C12H23N3. The molecule has 1 N–H and O–H groups in total. The predicted octanol–water partition coefficient (Wildman–Crippen LogP) is 1.79. The maximum absolute atomic E-state index is 8.25. The summed E-state index contributed by atoms with van der Waals surface area (Å²) in [6.07, 6.45) is 6.56. The highest BCUT2D eigenvalue weighted by Gasteiger charge is 2.24. The van der Waals surface area contributed by atoms with Crippen LogP contribution in [0.25, 0.3) is 0 Å². The summed E-state index contributed by atoms with van der Waals surface area (Å²) in [5.41, 5.74) is 0. The number of piperazine rings is 1. The Labute approximate surface area is 92.9 Å². The van der Waals surface area contributed by atoms with Crippen LogP contribution in [0.15, 0.2) is 0 Å². The standard InChI is InChI=1S/C12H23N3/c1-14-7-9-15(10-8-14)12(13)11-5-3-2-4-6-11/h11,13H,2-10H2,1H3. The fraction of sp³-hybridized carbons (Fsp3) is 0.917. The maximum atomic E-state index is 8.25. The van der Waals surface area contributed by atoms with E-state index >= 15 is 0 Å². The van der Waals surface area contributed by atoms with Crippen LogP contribution in [0.1, 0.15) is 32.1 Å². The third-order valence-corrected chi connectivity index (χ3v) is 3.84. The van der Waals surface area contributed by atoms with Crippen molar-refractivity contribution in [3.05, 3.63) is 0 Å². The zero-order chi connectivity index (χ0) is 10.7. The third kappa shape index (κ3) is 2.71. The van der Waals surface area contributed by atoms with E-state index in [9.17, 15) is 0 Å². The largest absolute Gasteiger partial charge is 0.358 e. The Morgan fingerprint density at radius 1 is 1.00 bits per heavy atom. The molecule has 0 atom stereocenters. The number of amidine groups is 1. The van der Waals surface area contributed by atoms with Crippen LogP contribution in [0.3, 0.4) is 0 Å². The summed E-state index contributed by atoms with van der Waals surface area (Å²) in [7, 11) is 2.17. The molecule has 0 aromatic rings. The highest BCUT2D eigenvalue weighted by molar-refractivity contribution is 5.81. The Kier molecular flexibility index (Phi) is 3.62. The molecule has 0 aromatic carbocycles. The van der Waals surface area contributed by atoms with E-state index in [1.54, 1.807) is 0 Å². The summed E-state index contributed by atoms with van der Waals surface area (Å²) in [5, 5.41) is 8.25. The minimum absolute atomic E-state index is 0.571. The molecule has 0 amide bonds. The minimum atomic E-state index is 0.571. The van der Waals surface area contributed by atoms with Gasteiger partial charge in [0.05, 0.1) is 5.84 Å². The second-order valence-electron chi connectivity index (χ2n) is 5.01. The quantitative estimate of drug-likeness (QED) is 0.527. The van der Waals surface area contributed by atoms with Crippen LogP contribution < -0.4 is 0 Å². The van der Waals surface area contributed by atoms with E-state index in [1.165, 1.54) is 32.1 Å². The van der Waals surface area contributed by atoms with Gasteiger partial charge in [-0.3, -0.25) is 5.41 Å². The number of rotatable bonds is 1. The molecule has 0 radical (unpaired) electrons. The topological polar surface area (TPSA) is 30.3 Å². The van der Waals surface area contributed by atoms with Crippen molar-refractivity contribution in [3.8, 4) is 0 Å². The van der Waals surface area contributed by atoms with E-state index in [2.05, 4.69) is 16.8 Å². The van der Waals surface area contributed by atoms with Gasteiger partial charge in [-0.25, -0.2) is 0 Å². The van der Waals surface area contributed by atoms with Crippen LogP contribution in [0.4, 0.5) is 0 Å². The summed E-state index contributed by atoms with van der Waals surface area (Å²) in [5.74, 6) is 1.50. The maximum Gasteiger partial charge on any atom is 0.0990 e. The molecule has 0 aromatic heterocycles. The molecule has 1 saturated carbocycles. The second-order valence-corrected chi connectivity index (χ2v) is 5.01. The average molecular weight is 209 g/mol. The molecule has 0 unspecified atom stereocenters. The fourth-order valence-electron chi connectivity index (χ4n) is 2.68. The molecule has 1 heterocycles. The van der Waals surface area contributed by atoms with Gasteiger partial charge in [-0.1, -0.05) is 19.3 Å². The van der Waals surface area contributed by atoms with Crippen LogP contribution in [0.2, 0.25) is 0 Å². The van der Waals surface area contributed by atoms with E-state index in [0.717, 1.165) is 32.0 Å². The number of nitrogens with one attached hydrogen (secondary N) is 1. The molecule has 15 heavy (non-hydrogen) atoms. The minimum Gasteiger partial charge on any atom is -0.358 e. The molecule has 1 aliphatic carbocycles. The summed E-state index contributed by atoms with van der Waals surface area (Å²) in [4.78, 5) is 4.65. The van der Waals surface area contributed by atoms with E-state index in [0.29, 0.717) is 5.92 Å². The van der Waals surface area contributed by atoms with Gasteiger partial charge in [0.1, 0.15) is 0 Å². The Hall–Kier alpha value is -0.570. The van der Waals surface area contributed by atoms with Crippen molar-refractivity contribution < 1.29 is 0 Å². The highest BCUT2D eigenvalue weighted by atomic mass is 15.3. The molecule has 2 rings (SSSR count). The molecule has 0 spiro atoms. The second kappa shape index (κ2) is 4.97. The lowest BCUT2D eigenvalue weighted by Gasteiger charge is -2.37. The lowest BCUT2D eigenvalue weighted by Crippen LogP contribution is -2.49. The van der Waals surface area contributed by atoms with Gasteiger partial charge in [-0.15, -0.1) is 0 Å². The van der Waals surface area contributed by atoms with Gasteiger partial charge in [0.2, 0.25) is 0 Å². The summed E-state index contributed by atoms with van der Waals surface area (Å²) in [6, 6.07) is 0. The Balaban J connectivity index is 1.84. The molecule has 3 nitrogen and oxygen atoms in total. The number of hydrogen-bond donors (Lipinski definition) is 1. The number of likely N-dealkylation sites (N-methyl/N-ethyl adjacent to an activating group) is 1. The normalized spacial score (nSPS) is 25.5. The molecule has 2 aliphatic rings.